The van der Waals surface area contributed by atoms with Crippen molar-refractivity contribution < 1.29 is 19.0 Å². The van der Waals surface area contributed by atoms with Gasteiger partial charge in [-0.3, -0.25) is 4.79 Å². The molecule has 132 valence electrons. The highest BCUT2D eigenvalue weighted by molar-refractivity contribution is 6.32. The molecule has 5 nitrogen and oxygen atoms in total. The first-order valence-corrected chi connectivity index (χ1v) is 8.50. The van der Waals surface area contributed by atoms with E-state index in [9.17, 15) is 4.79 Å². The summed E-state index contributed by atoms with van der Waals surface area (Å²) in [6.45, 7) is 1.10. The number of fused-ring (bicyclic) bond motifs is 1. The Hall–Kier alpha value is -2.40. The van der Waals surface area contributed by atoms with Gasteiger partial charge >= 0.3 is 0 Å². The van der Waals surface area contributed by atoms with Gasteiger partial charge in [0.15, 0.2) is 11.5 Å². The number of rotatable bonds is 6. The van der Waals surface area contributed by atoms with E-state index in [-0.39, 0.29) is 11.8 Å². The highest BCUT2D eigenvalue weighted by Gasteiger charge is 2.27. The smallest absolute Gasteiger partial charge is 0.227 e. The molecule has 1 aliphatic rings. The van der Waals surface area contributed by atoms with Crippen molar-refractivity contribution >= 4 is 17.5 Å². The zero-order valence-electron chi connectivity index (χ0n) is 14.0. The third kappa shape index (κ3) is 4.17. The van der Waals surface area contributed by atoms with E-state index in [0.717, 1.165) is 11.3 Å². The molecule has 2 aromatic carbocycles. The second-order valence-corrected chi connectivity index (χ2v) is 6.14. The van der Waals surface area contributed by atoms with Crippen LogP contribution in [0.2, 0.25) is 5.02 Å². The molecule has 25 heavy (non-hydrogen) atoms. The number of carbonyl (C=O) groups is 1. The quantitative estimate of drug-likeness (QED) is 0.803. The summed E-state index contributed by atoms with van der Waals surface area (Å²) in [4.78, 5) is 12.3. The number of para-hydroxylation sites is 2. The van der Waals surface area contributed by atoms with Crippen molar-refractivity contribution in [3.63, 3.8) is 0 Å². The van der Waals surface area contributed by atoms with Crippen molar-refractivity contribution in [3.8, 4) is 17.2 Å². The van der Waals surface area contributed by atoms with E-state index >= 15 is 0 Å². The Bertz CT molecular complexity index is 750. The van der Waals surface area contributed by atoms with Crippen LogP contribution >= 0.6 is 11.6 Å². The lowest BCUT2D eigenvalue weighted by atomic mass is 9.95. The van der Waals surface area contributed by atoms with Gasteiger partial charge in [0, 0.05) is 0 Å². The fraction of sp³-hybridized carbons (Fsp3) is 0.316. The summed E-state index contributed by atoms with van der Waals surface area (Å²) >= 11 is 6.02. The Morgan fingerprint density at radius 3 is 2.84 bits per heavy atom. The highest BCUT2D eigenvalue weighted by Crippen LogP contribution is 2.36. The molecule has 0 unspecified atom stereocenters. The minimum absolute atomic E-state index is 0.0452. The second-order valence-electron chi connectivity index (χ2n) is 5.73. The molecular formula is C19H20ClNO4. The van der Waals surface area contributed by atoms with Crippen LogP contribution in [0.4, 0.5) is 0 Å². The molecule has 0 radical (unpaired) electrons. The van der Waals surface area contributed by atoms with Crippen molar-refractivity contribution in [1.82, 2.24) is 5.32 Å². The number of nitrogens with one attached hydrogen (secondary N) is 1. The van der Waals surface area contributed by atoms with Crippen LogP contribution in [0.15, 0.2) is 42.5 Å². The first-order valence-electron chi connectivity index (χ1n) is 8.12. The van der Waals surface area contributed by atoms with Crippen LogP contribution in [0.1, 0.15) is 5.56 Å². The Kier molecular flexibility index (Phi) is 5.66. The molecule has 2 aromatic rings. The SMILES string of the molecule is COc1cccc2c1OC[C@@H](C(=O)NCCOc1ccccc1Cl)C2. The van der Waals surface area contributed by atoms with Crippen LogP contribution in [0.3, 0.4) is 0 Å². The zero-order valence-corrected chi connectivity index (χ0v) is 14.7. The van der Waals surface area contributed by atoms with Gasteiger partial charge in [0.1, 0.15) is 19.0 Å². The minimum atomic E-state index is -0.222. The molecule has 0 saturated heterocycles. The van der Waals surface area contributed by atoms with Crippen LogP contribution in [-0.2, 0) is 11.2 Å². The number of hydrogen-bond acceptors (Lipinski definition) is 4. The number of hydrogen-bond donors (Lipinski definition) is 1. The lowest BCUT2D eigenvalue weighted by Crippen LogP contribution is -2.39. The normalized spacial score (nSPS) is 15.7. The first kappa shape index (κ1) is 17.4. The Labute approximate surface area is 151 Å². The molecule has 0 aliphatic carbocycles. The first-order chi connectivity index (χ1) is 12.2. The van der Waals surface area contributed by atoms with Crippen LogP contribution in [-0.4, -0.2) is 32.8 Å². The van der Waals surface area contributed by atoms with Gasteiger partial charge in [-0.05, 0) is 30.2 Å². The lowest BCUT2D eigenvalue weighted by molar-refractivity contribution is -0.126. The standard InChI is InChI=1S/C19H20ClNO4/c1-23-17-8-4-5-13-11-14(12-25-18(13)17)19(22)21-9-10-24-16-7-3-2-6-15(16)20/h2-8,14H,9-12H2,1H3,(H,21,22)/t14-/m0/s1. The average Bonchev–Trinajstić information content (AvgIpc) is 2.65. The van der Waals surface area contributed by atoms with Crippen LogP contribution in [0, 0.1) is 5.92 Å². The molecule has 6 heteroatoms. The van der Waals surface area contributed by atoms with Gasteiger partial charge in [-0.25, -0.2) is 0 Å². The molecule has 1 atom stereocenters. The predicted molar refractivity (Wildman–Crippen MR) is 95.6 cm³/mol. The molecule has 0 saturated carbocycles. The van der Waals surface area contributed by atoms with E-state index in [4.69, 9.17) is 25.8 Å². The number of benzene rings is 2. The van der Waals surface area contributed by atoms with Gasteiger partial charge in [0.25, 0.3) is 0 Å². The molecule has 1 heterocycles. The maximum atomic E-state index is 12.3. The predicted octanol–water partition coefficient (Wildman–Crippen LogP) is 3.09. The van der Waals surface area contributed by atoms with E-state index in [1.807, 2.05) is 30.3 Å². The minimum Gasteiger partial charge on any atom is -0.493 e. The molecule has 3 rings (SSSR count). The molecule has 0 aromatic heterocycles. The second kappa shape index (κ2) is 8.12. The molecule has 1 aliphatic heterocycles. The fourth-order valence-electron chi connectivity index (χ4n) is 2.76. The highest BCUT2D eigenvalue weighted by atomic mass is 35.5. The van der Waals surface area contributed by atoms with Crippen LogP contribution < -0.4 is 19.5 Å². The topological polar surface area (TPSA) is 56.8 Å². The van der Waals surface area contributed by atoms with Crippen molar-refractivity contribution in [3.05, 3.63) is 53.1 Å². The van der Waals surface area contributed by atoms with Gasteiger partial charge in [0.2, 0.25) is 5.91 Å². The fourth-order valence-corrected chi connectivity index (χ4v) is 2.95. The summed E-state index contributed by atoms with van der Waals surface area (Å²) in [6, 6.07) is 13.0. The monoisotopic (exact) mass is 361 g/mol. The van der Waals surface area contributed by atoms with Crippen molar-refractivity contribution in [2.45, 2.75) is 6.42 Å². The molecule has 1 amide bonds. The van der Waals surface area contributed by atoms with Gasteiger partial charge in [0.05, 0.1) is 24.6 Å². The molecule has 1 N–H and O–H groups in total. The third-order valence-electron chi connectivity index (χ3n) is 4.04. The molecule has 0 spiro atoms. The third-order valence-corrected chi connectivity index (χ3v) is 4.35. The van der Waals surface area contributed by atoms with E-state index < -0.39 is 0 Å². The van der Waals surface area contributed by atoms with Crippen molar-refractivity contribution in [2.24, 2.45) is 5.92 Å². The number of amides is 1. The summed E-state index contributed by atoms with van der Waals surface area (Å²) in [5.41, 5.74) is 0.984. The summed E-state index contributed by atoms with van der Waals surface area (Å²) in [5.74, 6) is 1.78. The Morgan fingerprint density at radius 2 is 2.04 bits per heavy atom. The van der Waals surface area contributed by atoms with E-state index in [2.05, 4.69) is 5.32 Å². The summed E-state index contributed by atoms with van der Waals surface area (Å²) in [6.07, 6.45) is 0.629. The Morgan fingerprint density at radius 1 is 1.24 bits per heavy atom. The average molecular weight is 362 g/mol. The summed E-state index contributed by atoms with van der Waals surface area (Å²) in [7, 11) is 1.61. The van der Waals surface area contributed by atoms with Gasteiger partial charge in [-0.1, -0.05) is 35.9 Å². The maximum Gasteiger partial charge on any atom is 0.227 e. The van der Waals surface area contributed by atoms with E-state index in [0.29, 0.717) is 42.7 Å². The van der Waals surface area contributed by atoms with Crippen LogP contribution in [0.25, 0.3) is 0 Å². The number of ether oxygens (including phenoxy) is 3. The number of carbonyl (C=O) groups excluding carboxylic acids is 1. The molecule has 0 fully saturated rings. The summed E-state index contributed by atoms with van der Waals surface area (Å²) < 4.78 is 16.6. The van der Waals surface area contributed by atoms with Gasteiger partial charge < -0.3 is 19.5 Å². The van der Waals surface area contributed by atoms with Crippen molar-refractivity contribution in [1.29, 1.82) is 0 Å². The summed E-state index contributed by atoms with van der Waals surface area (Å²) in [5, 5.41) is 3.44. The van der Waals surface area contributed by atoms with Gasteiger partial charge in [-0.2, -0.15) is 0 Å². The zero-order chi connectivity index (χ0) is 17.6. The largest absolute Gasteiger partial charge is 0.493 e. The Balaban J connectivity index is 1.48. The number of methoxy groups -OCH3 is 1. The lowest BCUT2D eigenvalue weighted by Gasteiger charge is -2.25. The van der Waals surface area contributed by atoms with Gasteiger partial charge in [-0.15, -0.1) is 0 Å². The van der Waals surface area contributed by atoms with E-state index in [1.54, 1.807) is 19.2 Å². The van der Waals surface area contributed by atoms with Crippen LogP contribution in [0.5, 0.6) is 17.2 Å². The molecule has 0 bridgehead atoms. The number of halogens is 1. The molecular weight excluding hydrogens is 342 g/mol. The maximum absolute atomic E-state index is 12.3. The van der Waals surface area contributed by atoms with E-state index in [1.165, 1.54) is 0 Å². The van der Waals surface area contributed by atoms with Crippen molar-refractivity contribution in [2.75, 3.05) is 26.9 Å².